The highest BCUT2D eigenvalue weighted by molar-refractivity contribution is 7.88. The molecule has 0 unspecified atom stereocenters. The summed E-state index contributed by atoms with van der Waals surface area (Å²) in [6.45, 7) is 0.784. The maximum atomic E-state index is 12.1. The third-order valence-corrected chi connectivity index (χ3v) is 4.89. The molecule has 0 bridgehead atoms. The number of hydrogen-bond acceptors (Lipinski definition) is 5. The van der Waals surface area contributed by atoms with E-state index < -0.39 is 14.9 Å². The Hall–Kier alpha value is -1.22. The Morgan fingerprint density at radius 1 is 1.35 bits per heavy atom. The Kier molecular flexibility index (Phi) is 5.46. The molecule has 2 rings (SSSR count). The Bertz CT molecular complexity index is 576. The maximum absolute atomic E-state index is 12.1. The molecule has 1 heterocycles. The van der Waals surface area contributed by atoms with Crippen molar-refractivity contribution in [3.8, 4) is 0 Å². The molecule has 0 aliphatic carbocycles. The molecule has 1 aromatic carbocycles. The van der Waals surface area contributed by atoms with E-state index in [9.17, 15) is 18.5 Å². The zero-order valence-electron chi connectivity index (χ0n) is 10.6. The van der Waals surface area contributed by atoms with Crippen LogP contribution in [0.15, 0.2) is 24.3 Å². The van der Waals surface area contributed by atoms with Crippen LogP contribution in [0.25, 0.3) is 0 Å². The Labute approximate surface area is 123 Å². The van der Waals surface area contributed by atoms with Crippen molar-refractivity contribution in [1.82, 2.24) is 4.31 Å². The second kappa shape index (κ2) is 6.49. The topological polar surface area (TPSA) is 107 Å². The number of benzene rings is 1. The quantitative estimate of drug-likeness (QED) is 0.654. The predicted octanol–water partition coefficient (Wildman–Crippen LogP) is 0.879. The van der Waals surface area contributed by atoms with Gasteiger partial charge in [-0.3, -0.25) is 10.1 Å². The van der Waals surface area contributed by atoms with Crippen molar-refractivity contribution in [2.45, 2.75) is 18.2 Å². The number of nitrogens with zero attached hydrogens (tertiary/aromatic N) is 2. The van der Waals surface area contributed by atoms with Gasteiger partial charge in [0.05, 0.1) is 10.7 Å². The lowest BCUT2D eigenvalue weighted by Gasteiger charge is -2.15. The van der Waals surface area contributed by atoms with Gasteiger partial charge in [-0.1, -0.05) is 12.1 Å². The molecule has 0 aromatic heterocycles. The van der Waals surface area contributed by atoms with E-state index in [1.165, 1.54) is 28.6 Å². The first kappa shape index (κ1) is 16.8. The minimum Gasteiger partial charge on any atom is -0.326 e. The highest BCUT2D eigenvalue weighted by Gasteiger charge is 2.29. The zero-order chi connectivity index (χ0) is 14.0. The second-order valence-corrected chi connectivity index (χ2v) is 6.56. The third-order valence-electron chi connectivity index (χ3n) is 3.08. The largest absolute Gasteiger partial charge is 0.326 e. The third kappa shape index (κ3) is 3.89. The lowest BCUT2D eigenvalue weighted by Crippen LogP contribution is -2.32. The van der Waals surface area contributed by atoms with Crippen LogP contribution in [0, 0.1) is 10.1 Å². The summed E-state index contributed by atoms with van der Waals surface area (Å²) in [5, 5.41) is 10.5. The molecule has 0 spiro atoms. The first-order chi connectivity index (χ1) is 8.88. The van der Waals surface area contributed by atoms with Crippen LogP contribution in [-0.2, 0) is 15.8 Å². The van der Waals surface area contributed by atoms with Gasteiger partial charge in [0.25, 0.3) is 5.69 Å². The molecule has 0 amide bonds. The number of hydrogen-bond donors (Lipinski definition) is 1. The van der Waals surface area contributed by atoms with E-state index >= 15 is 0 Å². The van der Waals surface area contributed by atoms with Crippen LogP contribution >= 0.6 is 12.4 Å². The van der Waals surface area contributed by atoms with E-state index in [1.807, 2.05) is 0 Å². The molecule has 1 saturated heterocycles. The SMILES string of the molecule is Cl.N[C@@H]1CCN(S(=O)(=O)Cc2ccc([N+](=O)[O-])cc2)C1. The molecule has 20 heavy (non-hydrogen) atoms. The molecule has 1 aliphatic heterocycles. The fourth-order valence-corrected chi connectivity index (χ4v) is 3.62. The number of nitrogens with two attached hydrogens (primary N) is 1. The van der Waals surface area contributed by atoms with Gasteiger partial charge in [-0.2, -0.15) is 0 Å². The van der Waals surface area contributed by atoms with Crippen molar-refractivity contribution in [3.05, 3.63) is 39.9 Å². The van der Waals surface area contributed by atoms with Gasteiger partial charge in [0.2, 0.25) is 10.0 Å². The van der Waals surface area contributed by atoms with Crippen molar-refractivity contribution in [2.75, 3.05) is 13.1 Å². The molecule has 0 radical (unpaired) electrons. The van der Waals surface area contributed by atoms with Crippen molar-refractivity contribution in [1.29, 1.82) is 0 Å². The summed E-state index contributed by atoms with van der Waals surface area (Å²) in [6, 6.07) is 5.44. The molecule has 1 fully saturated rings. The maximum Gasteiger partial charge on any atom is 0.269 e. The lowest BCUT2D eigenvalue weighted by molar-refractivity contribution is -0.384. The summed E-state index contributed by atoms with van der Waals surface area (Å²) < 4.78 is 25.6. The molecule has 7 nitrogen and oxygen atoms in total. The van der Waals surface area contributed by atoms with Crippen molar-refractivity contribution >= 4 is 28.1 Å². The highest BCUT2D eigenvalue weighted by Crippen LogP contribution is 2.18. The van der Waals surface area contributed by atoms with Gasteiger partial charge in [-0.15, -0.1) is 12.4 Å². The van der Waals surface area contributed by atoms with E-state index in [0.29, 0.717) is 25.1 Å². The lowest BCUT2D eigenvalue weighted by atomic mass is 10.2. The molecule has 9 heteroatoms. The number of non-ortho nitro benzene ring substituents is 1. The summed E-state index contributed by atoms with van der Waals surface area (Å²) in [6.07, 6.45) is 0.666. The number of rotatable bonds is 4. The summed E-state index contributed by atoms with van der Waals surface area (Å²) >= 11 is 0. The summed E-state index contributed by atoms with van der Waals surface area (Å²) in [4.78, 5) is 9.99. The second-order valence-electron chi connectivity index (χ2n) is 4.59. The van der Waals surface area contributed by atoms with Crippen LogP contribution in [0.1, 0.15) is 12.0 Å². The highest BCUT2D eigenvalue weighted by atomic mass is 35.5. The molecule has 1 atom stereocenters. The van der Waals surface area contributed by atoms with Gasteiger partial charge in [-0.25, -0.2) is 12.7 Å². The van der Waals surface area contributed by atoms with Crippen molar-refractivity contribution in [3.63, 3.8) is 0 Å². The fourth-order valence-electron chi connectivity index (χ4n) is 2.02. The van der Waals surface area contributed by atoms with Crippen LogP contribution in [0.4, 0.5) is 5.69 Å². The normalized spacial score (nSPS) is 19.6. The number of halogens is 1. The van der Waals surface area contributed by atoms with Gasteiger partial charge >= 0.3 is 0 Å². The number of nitro groups is 1. The summed E-state index contributed by atoms with van der Waals surface area (Å²) in [7, 11) is -3.40. The molecule has 1 aliphatic rings. The number of sulfonamides is 1. The summed E-state index contributed by atoms with van der Waals surface area (Å²) in [5.74, 6) is -0.155. The van der Waals surface area contributed by atoms with Gasteiger partial charge in [0.15, 0.2) is 0 Å². The average Bonchev–Trinajstić information content (AvgIpc) is 2.77. The first-order valence-electron chi connectivity index (χ1n) is 5.85. The Morgan fingerprint density at radius 2 is 1.95 bits per heavy atom. The molecular formula is C11H16ClN3O4S. The fraction of sp³-hybridized carbons (Fsp3) is 0.455. The molecule has 112 valence electrons. The smallest absolute Gasteiger partial charge is 0.269 e. The molecule has 1 aromatic rings. The van der Waals surface area contributed by atoms with E-state index in [0.717, 1.165) is 0 Å². The van der Waals surface area contributed by atoms with Crippen LogP contribution < -0.4 is 5.73 Å². The number of nitro benzene ring substituents is 1. The average molecular weight is 322 g/mol. The summed E-state index contributed by atoms with van der Waals surface area (Å²) in [5.41, 5.74) is 6.17. The zero-order valence-corrected chi connectivity index (χ0v) is 12.3. The van der Waals surface area contributed by atoms with Gasteiger partial charge in [0, 0.05) is 31.3 Å². The van der Waals surface area contributed by atoms with Crippen molar-refractivity contribution in [2.24, 2.45) is 5.73 Å². The first-order valence-corrected chi connectivity index (χ1v) is 7.46. The monoisotopic (exact) mass is 321 g/mol. The minimum atomic E-state index is -3.40. The van der Waals surface area contributed by atoms with E-state index in [2.05, 4.69) is 0 Å². The van der Waals surface area contributed by atoms with E-state index in [-0.39, 0.29) is 29.9 Å². The van der Waals surface area contributed by atoms with Gasteiger partial charge in [-0.05, 0) is 12.0 Å². The van der Waals surface area contributed by atoms with Crippen molar-refractivity contribution < 1.29 is 13.3 Å². The molecular weight excluding hydrogens is 306 g/mol. The van der Waals surface area contributed by atoms with Gasteiger partial charge in [0.1, 0.15) is 0 Å². The predicted molar refractivity (Wildman–Crippen MR) is 77.1 cm³/mol. The van der Waals surface area contributed by atoms with Crippen LogP contribution in [0.5, 0.6) is 0 Å². The van der Waals surface area contributed by atoms with E-state index in [4.69, 9.17) is 5.73 Å². The molecule has 0 saturated carbocycles. The van der Waals surface area contributed by atoms with Crippen LogP contribution in [-0.4, -0.2) is 36.8 Å². The van der Waals surface area contributed by atoms with Crippen LogP contribution in [0.2, 0.25) is 0 Å². The Balaban J connectivity index is 0.00000200. The minimum absolute atomic E-state index is 0. The standard InChI is InChI=1S/C11H15N3O4S.ClH/c12-10-5-6-13(7-10)19(17,18)8-9-1-3-11(4-2-9)14(15)16;/h1-4,10H,5-8,12H2;1H/t10-;/m1./s1. The van der Waals surface area contributed by atoms with Crippen LogP contribution in [0.3, 0.4) is 0 Å². The molecule has 2 N–H and O–H groups in total. The van der Waals surface area contributed by atoms with Gasteiger partial charge < -0.3 is 5.73 Å². The van der Waals surface area contributed by atoms with E-state index in [1.54, 1.807) is 0 Å². The Morgan fingerprint density at radius 3 is 2.40 bits per heavy atom.